The van der Waals surface area contributed by atoms with Gasteiger partial charge in [-0.2, -0.15) is 0 Å². The zero-order valence-corrected chi connectivity index (χ0v) is 19.2. The molecule has 7 nitrogen and oxygen atoms in total. The van der Waals surface area contributed by atoms with Gasteiger partial charge in [-0.25, -0.2) is 4.79 Å². The number of amides is 3. The van der Waals surface area contributed by atoms with Crippen molar-refractivity contribution in [3.63, 3.8) is 0 Å². The topological polar surface area (TPSA) is 111 Å². The first-order valence-corrected chi connectivity index (χ1v) is 11.1. The van der Waals surface area contributed by atoms with Crippen molar-refractivity contribution < 1.29 is 19.8 Å². The van der Waals surface area contributed by atoms with E-state index in [0.29, 0.717) is 21.8 Å². The number of carbonyl (C=O) groups excluding carboxylic acids is 2. The van der Waals surface area contributed by atoms with Crippen LogP contribution in [0.5, 0.6) is 5.75 Å². The number of urea groups is 1. The average Bonchev–Trinajstić information content (AvgIpc) is 3.25. The van der Waals surface area contributed by atoms with Crippen molar-refractivity contribution in [1.29, 1.82) is 0 Å². The quantitative estimate of drug-likeness (QED) is 0.334. The maximum Gasteiger partial charge on any atom is 0.320 e. The normalized spacial score (nSPS) is 12.6. The second-order valence-electron chi connectivity index (χ2n) is 7.38. The third-order valence-electron chi connectivity index (χ3n) is 4.92. The van der Waals surface area contributed by atoms with E-state index >= 15 is 0 Å². The van der Waals surface area contributed by atoms with Gasteiger partial charge in [0.25, 0.3) is 5.91 Å². The number of phenolic OH excluding ortho intramolecular Hbond substituents is 1. The third-order valence-corrected chi connectivity index (χ3v) is 6.46. The number of aliphatic hydroxyl groups is 1. The van der Waals surface area contributed by atoms with Crippen molar-refractivity contribution in [2.45, 2.75) is 25.8 Å². The van der Waals surface area contributed by atoms with E-state index in [0.717, 1.165) is 11.3 Å². The van der Waals surface area contributed by atoms with E-state index in [2.05, 4.69) is 16.0 Å². The SMILES string of the molecule is CCc1ccc(C(=O)Nc2ccc(NC(=O)NC(C)(CO)c3ccc(O)cc3)cc2Cl)s1. The molecule has 0 radical (unpaired) electrons. The zero-order chi connectivity index (χ0) is 23.3. The number of hydrogen-bond acceptors (Lipinski definition) is 5. The summed E-state index contributed by atoms with van der Waals surface area (Å²) in [5.74, 6) is -0.159. The van der Waals surface area contributed by atoms with Crippen molar-refractivity contribution in [2.24, 2.45) is 0 Å². The Bertz CT molecular complexity index is 1120. The van der Waals surface area contributed by atoms with Gasteiger partial charge in [-0.15, -0.1) is 11.3 Å². The molecule has 168 valence electrons. The van der Waals surface area contributed by atoms with E-state index in [9.17, 15) is 19.8 Å². The van der Waals surface area contributed by atoms with Crippen LogP contribution in [0.3, 0.4) is 0 Å². The van der Waals surface area contributed by atoms with Gasteiger partial charge in [-0.3, -0.25) is 4.79 Å². The second-order valence-corrected chi connectivity index (χ2v) is 8.96. The van der Waals surface area contributed by atoms with Crippen LogP contribution >= 0.6 is 22.9 Å². The molecule has 9 heteroatoms. The van der Waals surface area contributed by atoms with E-state index in [1.165, 1.54) is 29.5 Å². The van der Waals surface area contributed by atoms with Gasteiger partial charge in [-0.05, 0) is 61.4 Å². The van der Waals surface area contributed by atoms with Gasteiger partial charge in [0, 0.05) is 10.6 Å². The third kappa shape index (κ3) is 5.59. The molecule has 0 saturated carbocycles. The number of halogens is 1. The van der Waals surface area contributed by atoms with Crippen LogP contribution < -0.4 is 16.0 Å². The summed E-state index contributed by atoms with van der Waals surface area (Å²) in [6, 6.07) is 14.1. The molecule has 0 spiro atoms. The minimum absolute atomic E-state index is 0.0881. The molecule has 0 saturated heterocycles. The average molecular weight is 474 g/mol. The molecule has 0 bridgehead atoms. The zero-order valence-electron chi connectivity index (χ0n) is 17.6. The molecule has 3 amide bonds. The molecule has 1 aromatic heterocycles. The molecule has 3 aromatic rings. The van der Waals surface area contributed by atoms with Gasteiger partial charge >= 0.3 is 6.03 Å². The largest absolute Gasteiger partial charge is 0.508 e. The van der Waals surface area contributed by atoms with Gasteiger partial charge in [0.15, 0.2) is 0 Å². The highest BCUT2D eigenvalue weighted by atomic mass is 35.5. The maximum absolute atomic E-state index is 12.5. The molecule has 3 rings (SSSR count). The Morgan fingerprint density at radius 3 is 2.38 bits per heavy atom. The number of aromatic hydroxyl groups is 1. The van der Waals surface area contributed by atoms with Crippen molar-refractivity contribution >= 4 is 46.3 Å². The van der Waals surface area contributed by atoms with Gasteiger partial charge in [0.2, 0.25) is 0 Å². The van der Waals surface area contributed by atoms with Crippen LogP contribution in [0.4, 0.5) is 16.2 Å². The Morgan fingerprint density at radius 1 is 1.06 bits per heavy atom. The van der Waals surface area contributed by atoms with E-state index in [4.69, 9.17) is 11.6 Å². The standard InChI is InChI=1S/C23H24ClN3O4S/c1-3-17-9-11-20(32-17)21(30)26-19-10-6-15(12-18(19)24)25-22(31)27-23(2,13-28)14-4-7-16(29)8-5-14/h4-12,28-29H,3,13H2,1-2H3,(H,26,30)(H2,25,27,31). The monoisotopic (exact) mass is 473 g/mol. The molecule has 1 heterocycles. The summed E-state index contributed by atoms with van der Waals surface area (Å²) < 4.78 is 0. The first-order valence-electron chi connectivity index (χ1n) is 9.93. The van der Waals surface area contributed by atoms with Crippen molar-refractivity contribution in [2.75, 3.05) is 17.2 Å². The minimum Gasteiger partial charge on any atom is -0.508 e. The molecule has 0 aliphatic rings. The number of aliphatic hydroxyl groups excluding tert-OH is 1. The lowest BCUT2D eigenvalue weighted by Crippen LogP contribution is -2.48. The number of phenols is 1. The number of thiophene rings is 1. The van der Waals surface area contributed by atoms with Gasteiger partial charge < -0.3 is 26.2 Å². The number of aryl methyl sites for hydroxylation is 1. The molecule has 2 aromatic carbocycles. The fourth-order valence-corrected chi connectivity index (χ4v) is 4.08. The molecular weight excluding hydrogens is 450 g/mol. The number of carbonyl (C=O) groups is 2. The molecule has 0 aliphatic heterocycles. The van der Waals surface area contributed by atoms with Crippen LogP contribution in [0.25, 0.3) is 0 Å². The predicted molar refractivity (Wildman–Crippen MR) is 128 cm³/mol. The smallest absolute Gasteiger partial charge is 0.320 e. The molecule has 32 heavy (non-hydrogen) atoms. The Labute approximate surface area is 195 Å². The van der Waals surface area contributed by atoms with E-state index in [1.807, 2.05) is 13.0 Å². The molecular formula is C23H24ClN3O4S. The molecule has 1 unspecified atom stereocenters. The molecule has 1 atom stereocenters. The summed E-state index contributed by atoms with van der Waals surface area (Å²) >= 11 is 7.73. The molecule has 0 fully saturated rings. The highest BCUT2D eigenvalue weighted by molar-refractivity contribution is 7.14. The molecule has 0 aliphatic carbocycles. The maximum atomic E-state index is 12.5. The first kappa shape index (κ1) is 23.6. The minimum atomic E-state index is -1.06. The van der Waals surface area contributed by atoms with Crippen LogP contribution in [0.2, 0.25) is 5.02 Å². The lowest BCUT2D eigenvalue weighted by Gasteiger charge is -2.29. The predicted octanol–water partition coefficient (Wildman–Crippen LogP) is 4.95. The van der Waals surface area contributed by atoms with Crippen molar-refractivity contribution in [1.82, 2.24) is 5.32 Å². The summed E-state index contributed by atoms with van der Waals surface area (Å²) in [5.41, 5.74) is 0.413. The number of nitrogens with one attached hydrogen (secondary N) is 3. The summed E-state index contributed by atoms with van der Waals surface area (Å²) in [6.45, 7) is 3.35. The van der Waals surface area contributed by atoms with E-state index in [1.54, 1.807) is 37.3 Å². The first-order chi connectivity index (χ1) is 15.2. The summed E-state index contributed by atoms with van der Waals surface area (Å²) in [7, 11) is 0. The van der Waals surface area contributed by atoms with Crippen molar-refractivity contribution in [3.8, 4) is 5.75 Å². The lowest BCUT2D eigenvalue weighted by molar-refractivity contribution is 0.103. The van der Waals surface area contributed by atoms with Gasteiger partial charge in [0.05, 0.1) is 27.7 Å². The highest BCUT2D eigenvalue weighted by Crippen LogP contribution is 2.28. The Morgan fingerprint density at radius 2 is 1.78 bits per heavy atom. The number of benzene rings is 2. The number of rotatable bonds is 7. The van der Waals surface area contributed by atoms with Crippen LogP contribution in [-0.4, -0.2) is 28.8 Å². The highest BCUT2D eigenvalue weighted by Gasteiger charge is 2.28. The fraction of sp³-hybridized carbons (Fsp3) is 0.217. The van der Waals surface area contributed by atoms with Gasteiger partial charge in [-0.1, -0.05) is 30.7 Å². The number of anilines is 2. The second kappa shape index (κ2) is 10.0. The van der Waals surface area contributed by atoms with E-state index < -0.39 is 11.6 Å². The Kier molecular flexibility index (Phi) is 7.40. The van der Waals surface area contributed by atoms with E-state index in [-0.39, 0.29) is 23.3 Å². The van der Waals surface area contributed by atoms with Gasteiger partial charge in [0.1, 0.15) is 5.75 Å². The fourth-order valence-electron chi connectivity index (χ4n) is 3.01. The number of hydrogen-bond donors (Lipinski definition) is 5. The summed E-state index contributed by atoms with van der Waals surface area (Å²) in [5, 5.41) is 27.7. The summed E-state index contributed by atoms with van der Waals surface area (Å²) in [6.07, 6.45) is 0.864. The van der Waals surface area contributed by atoms with Crippen molar-refractivity contribution in [3.05, 3.63) is 74.9 Å². The lowest BCUT2D eigenvalue weighted by atomic mass is 9.93. The summed E-state index contributed by atoms with van der Waals surface area (Å²) in [4.78, 5) is 26.7. The Hall–Kier alpha value is -3.07. The van der Waals surface area contributed by atoms with Crippen LogP contribution in [0.1, 0.15) is 34.0 Å². The van der Waals surface area contributed by atoms with Crippen LogP contribution in [-0.2, 0) is 12.0 Å². The molecule has 5 N–H and O–H groups in total. The van der Waals surface area contributed by atoms with Crippen LogP contribution in [0.15, 0.2) is 54.6 Å². The van der Waals surface area contributed by atoms with Crippen LogP contribution in [0, 0.1) is 0 Å². The Balaban J connectivity index is 1.66.